The molecule has 2 rings (SSSR count). The summed E-state index contributed by atoms with van der Waals surface area (Å²) >= 11 is 0. The number of pyridine rings is 1. The van der Waals surface area contributed by atoms with Crippen LogP contribution < -0.4 is 15.5 Å². The average molecular weight is 284 g/mol. The van der Waals surface area contributed by atoms with Crippen molar-refractivity contribution in [3.63, 3.8) is 0 Å². The maximum absolute atomic E-state index is 12.3. The highest BCUT2D eigenvalue weighted by atomic mass is 16.1. The van der Waals surface area contributed by atoms with Crippen LogP contribution in [0.2, 0.25) is 0 Å². The van der Waals surface area contributed by atoms with Gasteiger partial charge in [-0.25, -0.2) is 4.98 Å². The van der Waals surface area contributed by atoms with Crippen molar-refractivity contribution in [1.29, 1.82) is 0 Å². The van der Waals surface area contributed by atoms with Crippen molar-refractivity contribution in [2.75, 3.05) is 36.7 Å². The number of carbonyl (C=O) groups is 1. The largest absolute Gasteiger partial charge is 0.378 e. The fourth-order valence-corrected chi connectivity index (χ4v) is 1.99. The van der Waals surface area contributed by atoms with E-state index in [1.165, 1.54) is 0 Å². The molecular weight excluding hydrogens is 264 g/mol. The van der Waals surface area contributed by atoms with E-state index in [0.29, 0.717) is 11.4 Å². The van der Waals surface area contributed by atoms with Crippen LogP contribution in [0.4, 0.5) is 17.2 Å². The van der Waals surface area contributed by atoms with E-state index in [-0.39, 0.29) is 5.91 Å². The van der Waals surface area contributed by atoms with Crippen molar-refractivity contribution in [3.05, 3.63) is 47.7 Å². The van der Waals surface area contributed by atoms with Crippen LogP contribution in [-0.2, 0) is 0 Å². The SMILES string of the molecule is CNc1cc(C(=O)Nc2cccc(N(C)C)c2)cc(C)n1. The van der Waals surface area contributed by atoms with E-state index in [0.717, 1.165) is 17.1 Å². The molecule has 5 heteroatoms. The van der Waals surface area contributed by atoms with Gasteiger partial charge in [-0.05, 0) is 37.3 Å². The summed E-state index contributed by atoms with van der Waals surface area (Å²) in [6, 6.07) is 11.2. The normalized spacial score (nSPS) is 10.1. The zero-order chi connectivity index (χ0) is 15.4. The van der Waals surface area contributed by atoms with E-state index < -0.39 is 0 Å². The first-order chi connectivity index (χ1) is 9.99. The van der Waals surface area contributed by atoms with Crippen LogP contribution in [-0.4, -0.2) is 32.0 Å². The minimum Gasteiger partial charge on any atom is -0.378 e. The van der Waals surface area contributed by atoms with Crippen molar-refractivity contribution < 1.29 is 4.79 Å². The first-order valence-corrected chi connectivity index (χ1v) is 6.75. The maximum atomic E-state index is 12.3. The predicted octanol–water partition coefficient (Wildman–Crippen LogP) is 2.75. The Morgan fingerprint density at radius 1 is 1.19 bits per heavy atom. The lowest BCUT2D eigenvalue weighted by molar-refractivity contribution is 0.102. The fraction of sp³-hybridized carbons (Fsp3) is 0.250. The molecule has 0 aliphatic heterocycles. The molecule has 21 heavy (non-hydrogen) atoms. The fourth-order valence-electron chi connectivity index (χ4n) is 1.99. The van der Waals surface area contributed by atoms with E-state index in [1.54, 1.807) is 19.2 Å². The maximum Gasteiger partial charge on any atom is 0.255 e. The summed E-state index contributed by atoms with van der Waals surface area (Å²) < 4.78 is 0. The first kappa shape index (κ1) is 14.8. The Bertz CT molecular complexity index is 652. The number of carbonyl (C=O) groups excluding carboxylic acids is 1. The molecule has 0 aliphatic rings. The summed E-state index contributed by atoms with van der Waals surface area (Å²) in [5.41, 5.74) is 3.19. The second kappa shape index (κ2) is 6.26. The molecule has 5 nitrogen and oxygen atoms in total. The van der Waals surface area contributed by atoms with Crippen LogP contribution in [0.1, 0.15) is 16.1 Å². The van der Waals surface area contributed by atoms with Gasteiger partial charge in [-0.2, -0.15) is 0 Å². The smallest absolute Gasteiger partial charge is 0.255 e. The number of hydrogen-bond acceptors (Lipinski definition) is 4. The molecule has 1 aromatic heterocycles. The summed E-state index contributed by atoms with van der Waals surface area (Å²) in [5, 5.41) is 5.86. The lowest BCUT2D eigenvalue weighted by Crippen LogP contribution is -2.14. The summed E-state index contributed by atoms with van der Waals surface area (Å²) in [7, 11) is 5.71. The molecule has 0 fully saturated rings. The van der Waals surface area contributed by atoms with Gasteiger partial charge >= 0.3 is 0 Å². The molecule has 0 aliphatic carbocycles. The quantitative estimate of drug-likeness (QED) is 0.906. The lowest BCUT2D eigenvalue weighted by Gasteiger charge is -2.14. The number of aromatic nitrogens is 1. The molecule has 0 saturated carbocycles. The summed E-state index contributed by atoms with van der Waals surface area (Å²) in [5.74, 6) is 0.537. The van der Waals surface area contributed by atoms with Crippen LogP contribution >= 0.6 is 0 Å². The number of nitrogens with zero attached hydrogens (tertiary/aromatic N) is 2. The number of rotatable bonds is 4. The van der Waals surface area contributed by atoms with Crippen molar-refractivity contribution in [1.82, 2.24) is 4.98 Å². The van der Waals surface area contributed by atoms with Gasteiger partial charge in [0.15, 0.2) is 0 Å². The van der Waals surface area contributed by atoms with E-state index in [2.05, 4.69) is 15.6 Å². The van der Waals surface area contributed by atoms with Crippen LogP contribution in [0.3, 0.4) is 0 Å². The van der Waals surface area contributed by atoms with Crippen molar-refractivity contribution in [2.45, 2.75) is 6.92 Å². The Kier molecular flexibility index (Phi) is 4.42. The number of benzene rings is 1. The molecule has 2 N–H and O–H groups in total. The number of nitrogens with one attached hydrogen (secondary N) is 2. The van der Waals surface area contributed by atoms with Gasteiger partial charge in [0.05, 0.1) is 0 Å². The Labute approximate surface area is 125 Å². The Hall–Kier alpha value is -2.56. The molecule has 2 aromatic rings. The molecular formula is C16H20N4O. The van der Waals surface area contributed by atoms with Gasteiger partial charge in [-0.3, -0.25) is 4.79 Å². The highest BCUT2D eigenvalue weighted by Gasteiger charge is 2.09. The molecule has 1 aromatic carbocycles. The van der Waals surface area contributed by atoms with Crippen LogP contribution in [0, 0.1) is 6.92 Å². The molecule has 0 bridgehead atoms. The Balaban J connectivity index is 2.21. The van der Waals surface area contributed by atoms with E-state index in [1.807, 2.05) is 50.2 Å². The van der Waals surface area contributed by atoms with E-state index in [9.17, 15) is 4.79 Å². The molecule has 0 unspecified atom stereocenters. The van der Waals surface area contributed by atoms with Crippen molar-refractivity contribution in [2.24, 2.45) is 0 Å². The molecule has 1 amide bonds. The van der Waals surface area contributed by atoms with Gasteiger partial charge in [0.1, 0.15) is 5.82 Å². The monoisotopic (exact) mass is 284 g/mol. The second-order valence-corrected chi connectivity index (χ2v) is 5.03. The summed E-state index contributed by atoms with van der Waals surface area (Å²) in [6.07, 6.45) is 0. The molecule has 0 saturated heterocycles. The van der Waals surface area contributed by atoms with Gasteiger partial charge in [0, 0.05) is 43.8 Å². The zero-order valence-electron chi connectivity index (χ0n) is 12.8. The Morgan fingerprint density at radius 2 is 1.95 bits per heavy atom. The third kappa shape index (κ3) is 3.72. The zero-order valence-corrected chi connectivity index (χ0v) is 12.8. The molecule has 0 spiro atoms. The van der Waals surface area contributed by atoms with Crippen molar-refractivity contribution in [3.8, 4) is 0 Å². The first-order valence-electron chi connectivity index (χ1n) is 6.75. The summed E-state index contributed by atoms with van der Waals surface area (Å²) in [4.78, 5) is 18.6. The van der Waals surface area contributed by atoms with Crippen LogP contribution in [0.25, 0.3) is 0 Å². The summed E-state index contributed by atoms with van der Waals surface area (Å²) in [6.45, 7) is 1.87. The molecule has 0 atom stereocenters. The predicted molar refractivity (Wildman–Crippen MR) is 87.2 cm³/mol. The molecule has 0 radical (unpaired) electrons. The lowest BCUT2D eigenvalue weighted by atomic mass is 10.2. The number of anilines is 3. The Morgan fingerprint density at radius 3 is 2.62 bits per heavy atom. The highest BCUT2D eigenvalue weighted by molar-refractivity contribution is 6.05. The average Bonchev–Trinajstić information content (AvgIpc) is 2.46. The minimum atomic E-state index is -0.145. The van der Waals surface area contributed by atoms with Gasteiger partial charge in [-0.15, -0.1) is 0 Å². The topological polar surface area (TPSA) is 57.3 Å². The van der Waals surface area contributed by atoms with Crippen LogP contribution in [0.5, 0.6) is 0 Å². The second-order valence-electron chi connectivity index (χ2n) is 5.03. The van der Waals surface area contributed by atoms with Gasteiger partial charge in [0.2, 0.25) is 0 Å². The van der Waals surface area contributed by atoms with Gasteiger partial charge in [-0.1, -0.05) is 6.07 Å². The van der Waals surface area contributed by atoms with E-state index in [4.69, 9.17) is 0 Å². The van der Waals surface area contributed by atoms with Gasteiger partial charge < -0.3 is 15.5 Å². The highest BCUT2D eigenvalue weighted by Crippen LogP contribution is 2.18. The number of aryl methyl sites for hydroxylation is 1. The third-order valence-electron chi connectivity index (χ3n) is 3.09. The van der Waals surface area contributed by atoms with Crippen molar-refractivity contribution >= 4 is 23.1 Å². The van der Waals surface area contributed by atoms with Gasteiger partial charge in [0.25, 0.3) is 5.91 Å². The molecule has 110 valence electrons. The van der Waals surface area contributed by atoms with Crippen LogP contribution in [0.15, 0.2) is 36.4 Å². The van der Waals surface area contributed by atoms with E-state index >= 15 is 0 Å². The standard InChI is InChI=1S/C16H20N4O/c1-11-8-12(9-15(17-2)18-11)16(21)19-13-6-5-7-14(10-13)20(3)4/h5-10H,1-4H3,(H,17,18)(H,19,21). The molecule has 1 heterocycles. The number of amides is 1. The third-order valence-corrected chi connectivity index (χ3v) is 3.09. The number of hydrogen-bond donors (Lipinski definition) is 2. The minimum absolute atomic E-state index is 0.145.